The lowest BCUT2D eigenvalue weighted by Crippen LogP contribution is -2.26. The van der Waals surface area contributed by atoms with Gasteiger partial charge in [-0.05, 0) is 13.8 Å². The van der Waals surface area contributed by atoms with Crippen LogP contribution in [0.15, 0.2) is 0 Å². The van der Waals surface area contributed by atoms with E-state index in [4.69, 9.17) is 4.74 Å². The zero-order valence-corrected chi connectivity index (χ0v) is 9.30. The molecular weight excluding hydrogens is 202 g/mol. The second-order valence-electron chi connectivity index (χ2n) is 2.79. The van der Waals surface area contributed by atoms with Crippen molar-refractivity contribution in [1.29, 1.82) is 0 Å². The van der Waals surface area contributed by atoms with Crippen LogP contribution in [-0.2, 0) is 9.53 Å². The van der Waals surface area contributed by atoms with Crippen molar-refractivity contribution in [3.05, 3.63) is 5.82 Å². The van der Waals surface area contributed by atoms with Gasteiger partial charge in [-0.25, -0.2) is 4.98 Å². The number of likely N-dealkylation sites (N-methyl/N-ethyl adjacent to an activating group) is 1. The first kappa shape index (κ1) is 10.9. The Bertz CT molecular complexity index is 313. The molecule has 0 aromatic carbocycles. The summed E-state index contributed by atoms with van der Waals surface area (Å²) in [4.78, 5) is 17.0. The summed E-state index contributed by atoms with van der Waals surface area (Å²) < 4.78 is 8.84. The first-order valence-corrected chi connectivity index (χ1v) is 5.08. The van der Waals surface area contributed by atoms with E-state index in [1.54, 1.807) is 18.9 Å². The Labute approximate surface area is 86.9 Å². The van der Waals surface area contributed by atoms with E-state index >= 15 is 0 Å². The van der Waals surface area contributed by atoms with Crippen molar-refractivity contribution in [1.82, 2.24) is 9.36 Å². The van der Waals surface area contributed by atoms with Gasteiger partial charge in [-0.15, -0.1) is 0 Å². The van der Waals surface area contributed by atoms with E-state index in [2.05, 4.69) is 9.36 Å². The molecular formula is C8H13N3O2S. The summed E-state index contributed by atoms with van der Waals surface area (Å²) in [5.74, 6) is 0.476. The SMILES string of the molecule is CCOC(=O)CN(C)c1nc(C)ns1. The van der Waals surface area contributed by atoms with E-state index in [1.807, 2.05) is 6.92 Å². The molecule has 5 nitrogen and oxygen atoms in total. The van der Waals surface area contributed by atoms with Gasteiger partial charge in [0.15, 0.2) is 0 Å². The van der Waals surface area contributed by atoms with Gasteiger partial charge in [0.05, 0.1) is 6.61 Å². The van der Waals surface area contributed by atoms with Gasteiger partial charge < -0.3 is 9.64 Å². The van der Waals surface area contributed by atoms with Crippen LogP contribution in [0.25, 0.3) is 0 Å². The third kappa shape index (κ3) is 2.95. The second-order valence-corrected chi connectivity index (χ2v) is 3.52. The maximum atomic E-state index is 11.1. The zero-order chi connectivity index (χ0) is 10.6. The van der Waals surface area contributed by atoms with Gasteiger partial charge >= 0.3 is 5.97 Å². The lowest BCUT2D eigenvalue weighted by molar-refractivity contribution is -0.141. The predicted molar refractivity (Wildman–Crippen MR) is 54.5 cm³/mol. The summed E-state index contributed by atoms with van der Waals surface area (Å²) in [7, 11) is 1.79. The van der Waals surface area contributed by atoms with E-state index in [1.165, 1.54) is 11.5 Å². The lowest BCUT2D eigenvalue weighted by Gasteiger charge is -2.13. The fourth-order valence-corrected chi connectivity index (χ4v) is 1.54. The van der Waals surface area contributed by atoms with Crippen LogP contribution >= 0.6 is 11.5 Å². The Balaban J connectivity index is 2.50. The Morgan fingerprint density at radius 3 is 2.86 bits per heavy atom. The summed E-state index contributed by atoms with van der Waals surface area (Å²) in [5, 5.41) is 0.732. The van der Waals surface area contributed by atoms with Gasteiger partial charge in [0.1, 0.15) is 12.4 Å². The summed E-state index contributed by atoms with van der Waals surface area (Å²) >= 11 is 1.27. The van der Waals surface area contributed by atoms with Crippen LogP contribution < -0.4 is 4.90 Å². The van der Waals surface area contributed by atoms with Crippen molar-refractivity contribution >= 4 is 22.6 Å². The number of hydrogen-bond donors (Lipinski definition) is 0. The average Bonchev–Trinajstić information content (AvgIpc) is 2.52. The van der Waals surface area contributed by atoms with Gasteiger partial charge in [0, 0.05) is 18.6 Å². The molecule has 0 unspecified atom stereocenters. The molecule has 6 heteroatoms. The highest BCUT2D eigenvalue weighted by Crippen LogP contribution is 2.14. The van der Waals surface area contributed by atoms with Crippen LogP contribution in [0, 0.1) is 6.92 Å². The summed E-state index contributed by atoms with van der Waals surface area (Å²) in [5.41, 5.74) is 0. The van der Waals surface area contributed by atoms with Gasteiger partial charge in [0.2, 0.25) is 5.13 Å². The summed E-state index contributed by atoms with van der Waals surface area (Å²) in [6.45, 7) is 4.22. The molecule has 0 aliphatic carbocycles. The minimum Gasteiger partial charge on any atom is -0.465 e. The van der Waals surface area contributed by atoms with Crippen LogP contribution in [0.1, 0.15) is 12.7 Å². The first-order chi connectivity index (χ1) is 6.63. The van der Waals surface area contributed by atoms with E-state index < -0.39 is 0 Å². The molecule has 0 N–H and O–H groups in total. The molecule has 0 spiro atoms. The monoisotopic (exact) mass is 215 g/mol. The number of esters is 1. The second kappa shape index (κ2) is 4.90. The van der Waals surface area contributed by atoms with Crippen LogP contribution in [0.3, 0.4) is 0 Å². The number of hydrogen-bond acceptors (Lipinski definition) is 6. The number of ether oxygens (including phenoxy) is 1. The number of carbonyl (C=O) groups excluding carboxylic acids is 1. The highest BCUT2D eigenvalue weighted by Gasteiger charge is 2.11. The molecule has 0 atom stereocenters. The van der Waals surface area contributed by atoms with Gasteiger partial charge in [-0.1, -0.05) is 0 Å². The molecule has 78 valence electrons. The molecule has 0 aliphatic rings. The lowest BCUT2D eigenvalue weighted by atomic mass is 10.6. The zero-order valence-electron chi connectivity index (χ0n) is 8.48. The minimum atomic E-state index is -0.247. The Morgan fingerprint density at radius 1 is 1.64 bits per heavy atom. The van der Waals surface area contributed by atoms with Crippen molar-refractivity contribution in [2.24, 2.45) is 0 Å². The van der Waals surface area contributed by atoms with Crippen molar-refractivity contribution in [2.45, 2.75) is 13.8 Å². The van der Waals surface area contributed by atoms with Crippen LogP contribution in [0.2, 0.25) is 0 Å². The summed E-state index contributed by atoms with van der Waals surface area (Å²) in [6, 6.07) is 0. The predicted octanol–water partition coefficient (Wildman–Crippen LogP) is 0.846. The van der Waals surface area contributed by atoms with Gasteiger partial charge in [-0.2, -0.15) is 4.37 Å². The molecule has 0 radical (unpaired) electrons. The fourth-order valence-electron chi connectivity index (χ4n) is 0.909. The fraction of sp³-hybridized carbons (Fsp3) is 0.625. The standard InChI is InChI=1S/C8H13N3O2S/c1-4-13-7(12)5-11(3)8-9-6(2)10-14-8/h4-5H2,1-3H3. The highest BCUT2D eigenvalue weighted by atomic mass is 32.1. The number of carbonyl (C=O) groups is 1. The van der Waals surface area contributed by atoms with Crippen LogP contribution in [0.5, 0.6) is 0 Å². The Hall–Kier alpha value is -1.17. The molecule has 1 heterocycles. The van der Waals surface area contributed by atoms with Crippen LogP contribution in [0.4, 0.5) is 5.13 Å². The molecule has 1 aromatic rings. The van der Waals surface area contributed by atoms with E-state index in [-0.39, 0.29) is 12.5 Å². The maximum Gasteiger partial charge on any atom is 0.325 e. The number of rotatable bonds is 4. The quantitative estimate of drug-likeness (QED) is 0.697. The van der Waals surface area contributed by atoms with E-state index in [9.17, 15) is 4.79 Å². The number of aromatic nitrogens is 2. The van der Waals surface area contributed by atoms with E-state index in [0.717, 1.165) is 11.0 Å². The molecule has 0 saturated carbocycles. The largest absolute Gasteiger partial charge is 0.465 e. The third-order valence-corrected chi connectivity index (χ3v) is 2.44. The highest BCUT2D eigenvalue weighted by molar-refractivity contribution is 7.09. The number of anilines is 1. The van der Waals surface area contributed by atoms with Crippen molar-refractivity contribution < 1.29 is 9.53 Å². The smallest absolute Gasteiger partial charge is 0.325 e. The molecule has 0 bridgehead atoms. The molecule has 14 heavy (non-hydrogen) atoms. The molecule has 0 amide bonds. The van der Waals surface area contributed by atoms with E-state index in [0.29, 0.717) is 6.61 Å². The van der Waals surface area contributed by atoms with Crippen molar-refractivity contribution in [3.63, 3.8) is 0 Å². The molecule has 0 aliphatic heterocycles. The molecule has 1 aromatic heterocycles. The Kier molecular flexibility index (Phi) is 3.82. The normalized spacial score (nSPS) is 9.93. The van der Waals surface area contributed by atoms with Crippen molar-refractivity contribution in [3.8, 4) is 0 Å². The molecule has 0 saturated heterocycles. The number of aryl methyl sites for hydroxylation is 1. The minimum absolute atomic E-state index is 0.211. The van der Waals surface area contributed by atoms with Crippen LogP contribution in [-0.4, -0.2) is 35.5 Å². The molecule has 1 rings (SSSR count). The third-order valence-electron chi connectivity index (χ3n) is 1.51. The average molecular weight is 215 g/mol. The number of nitrogens with zero attached hydrogens (tertiary/aromatic N) is 3. The maximum absolute atomic E-state index is 11.1. The molecule has 0 fully saturated rings. The van der Waals surface area contributed by atoms with Crippen molar-refractivity contribution in [2.75, 3.05) is 25.1 Å². The van der Waals surface area contributed by atoms with Gasteiger partial charge in [-0.3, -0.25) is 4.79 Å². The van der Waals surface area contributed by atoms with Gasteiger partial charge in [0.25, 0.3) is 0 Å². The topological polar surface area (TPSA) is 55.3 Å². The Morgan fingerprint density at radius 2 is 2.36 bits per heavy atom. The summed E-state index contributed by atoms with van der Waals surface area (Å²) in [6.07, 6.45) is 0. The first-order valence-electron chi connectivity index (χ1n) is 4.30.